The van der Waals surface area contributed by atoms with Gasteiger partial charge >= 0.3 is 23.9 Å². The summed E-state index contributed by atoms with van der Waals surface area (Å²) in [4.78, 5) is 48.9. The molecule has 1 fully saturated rings. The highest BCUT2D eigenvalue weighted by Crippen LogP contribution is 2.12. The molecule has 0 bridgehead atoms. The normalized spacial score (nSPS) is 15.6. The number of nitrogens with two attached hydrogens (primary N) is 4. The van der Waals surface area contributed by atoms with E-state index in [4.69, 9.17) is 43.4 Å². The fraction of sp³-hybridized carbons (Fsp3) is 0.545. The van der Waals surface area contributed by atoms with Crippen molar-refractivity contribution in [3.05, 3.63) is 34.4 Å². The highest BCUT2D eigenvalue weighted by atomic mass is 16.6. The molecule has 16 nitrogen and oxygen atoms in total. The molecule has 0 unspecified atom stereocenters. The number of carbonyl (C=O) groups is 4. The van der Waals surface area contributed by atoms with E-state index in [9.17, 15) is 29.3 Å². The first kappa shape index (κ1) is 38.7. The maximum atomic E-state index is 10.1. The first-order valence-electron chi connectivity index (χ1n) is 11.3. The number of nitrogen functional groups attached to an aromatic ring is 1. The van der Waals surface area contributed by atoms with E-state index in [2.05, 4.69) is 5.32 Å². The SMILES string of the molecule is CC(C)[C@H](N)C(=O)O.C[C@H](N)C(=O)O.C[C@H](N)C(=O)O.Nc1ccc([N+](=O)[O-])cc1.O=C(O)[C@@H]1CCCN1. The van der Waals surface area contributed by atoms with Crippen LogP contribution in [0.15, 0.2) is 24.3 Å². The molecule has 1 heterocycles. The van der Waals surface area contributed by atoms with Gasteiger partial charge in [-0.05, 0) is 51.3 Å². The minimum atomic E-state index is -0.963. The van der Waals surface area contributed by atoms with E-state index in [0.29, 0.717) is 5.69 Å². The van der Waals surface area contributed by atoms with Crippen molar-refractivity contribution < 1.29 is 44.5 Å². The molecule has 0 amide bonds. The number of carboxylic acids is 4. The van der Waals surface area contributed by atoms with Crippen molar-refractivity contribution in [3.8, 4) is 0 Å². The lowest BCUT2D eigenvalue weighted by Crippen LogP contribution is -2.34. The topological polar surface area (TPSA) is 308 Å². The van der Waals surface area contributed by atoms with E-state index >= 15 is 0 Å². The van der Waals surface area contributed by atoms with Crippen molar-refractivity contribution in [1.29, 1.82) is 0 Å². The van der Waals surface area contributed by atoms with Gasteiger partial charge in [-0.2, -0.15) is 0 Å². The Labute approximate surface area is 220 Å². The average molecular weight is 549 g/mol. The molecule has 1 aliphatic rings. The number of rotatable bonds is 6. The van der Waals surface area contributed by atoms with Gasteiger partial charge in [0, 0.05) is 17.8 Å². The molecule has 0 radical (unpaired) electrons. The lowest BCUT2D eigenvalue weighted by Gasteiger charge is -2.07. The number of nitrogens with one attached hydrogen (secondary N) is 1. The van der Waals surface area contributed by atoms with Crippen molar-refractivity contribution in [2.45, 2.75) is 64.7 Å². The van der Waals surface area contributed by atoms with Crippen LogP contribution in [0.4, 0.5) is 11.4 Å². The van der Waals surface area contributed by atoms with Crippen LogP contribution in [0, 0.1) is 16.0 Å². The number of hydrogen-bond donors (Lipinski definition) is 9. The van der Waals surface area contributed by atoms with Crippen LogP contribution in [0.2, 0.25) is 0 Å². The van der Waals surface area contributed by atoms with Gasteiger partial charge in [0.15, 0.2) is 0 Å². The summed E-state index contributed by atoms with van der Waals surface area (Å²) in [6.45, 7) is 7.25. The Kier molecular flexibility index (Phi) is 21.6. The second-order valence-corrected chi connectivity index (χ2v) is 8.20. The fourth-order valence-corrected chi connectivity index (χ4v) is 1.78. The third-order valence-corrected chi connectivity index (χ3v) is 4.24. The highest BCUT2D eigenvalue weighted by molar-refractivity contribution is 5.74. The number of non-ortho nitro benzene ring substituents is 1. The summed E-state index contributed by atoms with van der Waals surface area (Å²) in [5, 5.41) is 45.2. The molecule has 0 spiro atoms. The molecule has 1 aliphatic heterocycles. The number of hydrogen-bond acceptors (Lipinski definition) is 11. The fourth-order valence-electron chi connectivity index (χ4n) is 1.78. The summed E-state index contributed by atoms with van der Waals surface area (Å²) in [5.74, 6) is -3.56. The Bertz CT molecular complexity index is 827. The van der Waals surface area contributed by atoms with Crippen LogP contribution >= 0.6 is 0 Å². The Morgan fingerprint density at radius 3 is 1.45 bits per heavy atom. The summed E-state index contributed by atoms with van der Waals surface area (Å²) >= 11 is 0. The van der Waals surface area contributed by atoms with Crippen LogP contribution in [0.1, 0.15) is 40.5 Å². The maximum absolute atomic E-state index is 10.1. The zero-order valence-corrected chi connectivity index (χ0v) is 21.8. The number of aliphatic carboxylic acids is 4. The molecule has 2 rings (SSSR count). The minimum Gasteiger partial charge on any atom is -0.480 e. The smallest absolute Gasteiger partial charge is 0.320 e. The Morgan fingerprint density at radius 1 is 0.895 bits per heavy atom. The predicted octanol–water partition coefficient (Wildman–Crippen LogP) is -0.109. The number of carboxylic acid groups (broad SMARTS) is 4. The zero-order valence-electron chi connectivity index (χ0n) is 21.8. The Hall–Kier alpha value is -3.86. The molecule has 1 saturated heterocycles. The van der Waals surface area contributed by atoms with Crippen molar-refractivity contribution >= 4 is 35.3 Å². The summed E-state index contributed by atoms with van der Waals surface area (Å²) in [5.41, 5.74) is 20.7. The standard InChI is InChI=1S/C6H6N2O2.C5H9NO2.C5H11NO2.2C3H7NO2/c7-5-1-3-6(4-2-5)8(9)10;7-5(8)4-2-1-3-6-4;1-3(2)4(6)5(7)8;2*1-2(4)3(5)6/h1-4H,7H2;4,6H,1-3H2,(H,7,8);3-4H,6H2,1-2H3,(H,7,8);2*2H,4H2,1H3,(H,5,6)/t;2*4-;2*2-/m.0000/s1. The van der Waals surface area contributed by atoms with E-state index in [0.717, 1.165) is 19.4 Å². The van der Waals surface area contributed by atoms with Gasteiger partial charge in [-0.25, -0.2) is 0 Å². The van der Waals surface area contributed by atoms with Gasteiger partial charge < -0.3 is 48.7 Å². The lowest BCUT2D eigenvalue weighted by molar-refractivity contribution is -0.384. The molecule has 1 aromatic carbocycles. The molecule has 218 valence electrons. The van der Waals surface area contributed by atoms with Gasteiger partial charge in [0.2, 0.25) is 0 Å². The van der Waals surface area contributed by atoms with E-state index in [1.807, 2.05) is 0 Å². The van der Waals surface area contributed by atoms with Gasteiger partial charge in [0.1, 0.15) is 24.2 Å². The Morgan fingerprint density at radius 2 is 1.29 bits per heavy atom. The molecule has 1 aromatic rings. The quantitative estimate of drug-likeness (QED) is 0.127. The van der Waals surface area contributed by atoms with Crippen LogP contribution in [0.25, 0.3) is 0 Å². The average Bonchev–Trinajstić information content (AvgIpc) is 3.36. The summed E-state index contributed by atoms with van der Waals surface area (Å²) in [6.07, 6.45) is 1.78. The third kappa shape index (κ3) is 22.6. The molecule has 0 saturated carbocycles. The van der Waals surface area contributed by atoms with Crippen molar-refractivity contribution in [2.24, 2.45) is 23.1 Å². The van der Waals surface area contributed by atoms with Gasteiger partial charge in [-0.15, -0.1) is 0 Å². The molecule has 4 atom stereocenters. The van der Waals surface area contributed by atoms with Gasteiger partial charge in [-0.1, -0.05) is 13.8 Å². The maximum Gasteiger partial charge on any atom is 0.320 e. The van der Waals surface area contributed by atoms with Crippen LogP contribution < -0.4 is 28.3 Å². The largest absolute Gasteiger partial charge is 0.480 e. The first-order chi connectivity index (χ1) is 17.3. The number of nitrogens with zero attached hydrogens (tertiary/aromatic N) is 1. The van der Waals surface area contributed by atoms with Crippen molar-refractivity contribution in [2.75, 3.05) is 12.3 Å². The van der Waals surface area contributed by atoms with Crippen molar-refractivity contribution in [1.82, 2.24) is 5.32 Å². The van der Waals surface area contributed by atoms with Crippen LogP contribution in [0.5, 0.6) is 0 Å². The highest BCUT2D eigenvalue weighted by Gasteiger charge is 2.20. The second kappa shape index (κ2) is 21.2. The van der Waals surface area contributed by atoms with E-state index in [1.165, 1.54) is 38.1 Å². The van der Waals surface area contributed by atoms with Crippen LogP contribution in [-0.2, 0) is 19.2 Å². The lowest BCUT2D eigenvalue weighted by atomic mass is 10.1. The second-order valence-electron chi connectivity index (χ2n) is 8.20. The molecule has 38 heavy (non-hydrogen) atoms. The van der Waals surface area contributed by atoms with Gasteiger partial charge in [0.05, 0.1) is 4.92 Å². The molecule has 0 aromatic heterocycles. The number of nitro benzene ring substituents is 1. The van der Waals surface area contributed by atoms with Crippen LogP contribution in [0.3, 0.4) is 0 Å². The zero-order chi connectivity index (χ0) is 30.6. The number of anilines is 1. The summed E-state index contributed by atoms with van der Waals surface area (Å²) in [6, 6.07) is 3.29. The molecular weight excluding hydrogens is 508 g/mol. The van der Waals surface area contributed by atoms with E-state index in [1.54, 1.807) is 13.8 Å². The first-order valence-corrected chi connectivity index (χ1v) is 11.3. The van der Waals surface area contributed by atoms with Crippen LogP contribution in [-0.4, -0.2) is 79.9 Å². The third-order valence-electron chi connectivity index (χ3n) is 4.24. The van der Waals surface area contributed by atoms with Gasteiger partial charge in [-0.3, -0.25) is 29.3 Å². The monoisotopic (exact) mass is 548 g/mol. The molecular formula is C22H40N6O10. The minimum absolute atomic E-state index is 0.0208. The summed E-state index contributed by atoms with van der Waals surface area (Å²) < 4.78 is 0. The Balaban J connectivity index is -0.000000409. The number of nitro groups is 1. The molecule has 0 aliphatic carbocycles. The van der Waals surface area contributed by atoms with E-state index in [-0.39, 0.29) is 17.6 Å². The summed E-state index contributed by atoms with van der Waals surface area (Å²) in [7, 11) is 0. The molecule has 13 N–H and O–H groups in total. The number of benzene rings is 1. The van der Waals surface area contributed by atoms with Gasteiger partial charge in [0.25, 0.3) is 5.69 Å². The van der Waals surface area contributed by atoms with E-state index < -0.39 is 46.9 Å². The molecule has 16 heteroatoms. The van der Waals surface area contributed by atoms with Crippen molar-refractivity contribution in [3.63, 3.8) is 0 Å². The predicted molar refractivity (Wildman–Crippen MR) is 139 cm³/mol.